The van der Waals surface area contributed by atoms with Crippen LogP contribution in [0.3, 0.4) is 0 Å². The highest BCUT2D eigenvalue weighted by molar-refractivity contribution is 7.98. The van der Waals surface area contributed by atoms with Gasteiger partial charge in [0.1, 0.15) is 11.4 Å². The van der Waals surface area contributed by atoms with Gasteiger partial charge in [-0.2, -0.15) is 10.1 Å². The van der Waals surface area contributed by atoms with Crippen LogP contribution < -0.4 is 5.32 Å². The molecule has 1 fully saturated rings. The first-order valence-corrected chi connectivity index (χ1v) is 7.47. The van der Waals surface area contributed by atoms with Crippen molar-refractivity contribution in [1.82, 2.24) is 24.9 Å². The van der Waals surface area contributed by atoms with Crippen LogP contribution in [0.1, 0.15) is 25.0 Å². The Hall–Kier alpha value is -1.14. The Morgan fingerprint density at radius 3 is 3.17 bits per heavy atom. The normalized spacial score (nSPS) is 24.6. The molecule has 2 aromatic heterocycles. The molecule has 2 aromatic rings. The Morgan fingerprint density at radius 1 is 1.50 bits per heavy atom. The van der Waals surface area contributed by atoms with Crippen molar-refractivity contribution in [1.29, 1.82) is 0 Å². The second-order valence-electron chi connectivity index (χ2n) is 4.77. The number of piperidine rings is 1. The van der Waals surface area contributed by atoms with E-state index in [9.17, 15) is 0 Å². The number of fused-ring (bicyclic) bond motifs is 1. The summed E-state index contributed by atoms with van der Waals surface area (Å²) >= 11 is 1.65. The van der Waals surface area contributed by atoms with E-state index in [4.69, 9.17) is 0 Å². The molecule has 1 N–H and O–H groups in total. The molecule has 3 heterocycles. The fourth-order valence-electron chi connectivity index (χ4n) is 2.57. The van der Waals surface area contributed by atoms with Gasteiger partial charge in [0.05, 0.1) is 5.69 Å². The van der Waals surface area contributed by atoms with E-state index >= 15 is 0 Å². The van der Waals surface area contributed by atoms with Crippen LogP contribution in [0.4, 0.5) is 0 Å². The number of aromatic nitrogens is 4. The van der Waals surface area contributed by atoms with Crippen molar-refractivity contribution in [2.75, 3.05) is 19.3 Å². The molecule has 2 atom stereocenters. The molecule has 18 heavy (non-hydrogen) atoms. The summed E-state index contributed by atoms with van der Waals surface area (Å²) in [6, 6.07) is 2.15. The number of hydrogen-bond donors (Lipinski definition) is 1. The van der Waals surface area contributed by atoms with Gasteiger partial charge < -0.3 is 5.32 Å². The van der Waals surface area contributed by atoms with E-state index < -0.39 is 0 Å². The highest BCUT2D eigenvalue weighted by Gasteiger charge is 2.26. The van der Waals surface area contributed by atoms with E-state index in [0.29, 0.717) is 17.6 Å². The lowest BCUT2D eigenvalue weighted by Gasteiger charge is -2.29. The molecule has 1 aliphatic rings. The van der Waals surface area contributed by atoms with Crippen LogP contribution in [0.25, 0.3) is 5.78 Å². The van der Waals surface area contributed by atoms with E-state index in [0.717, 1.165) is 18.1 Å². The molecule has 96 valence electrons. The summed E-state index contributed by atoms with van der Waals surface area (Å²) in [5.74, 6) is 1.85. The van der Waals surface area contributed by atoms with Crippen LogP contribution in [-0.4, -0.2) is 38.9 Å². The minimum atomic E-state index is 0.483. The number of thioether (sulfide) groups is 1. The Balaban J connectivity index is 2.10. The molecule has 0 bridgehead atoms. The van der Waals surface area contributed by atoms with Crippen LogP contribution in [0.2, 0.25) is 0 Å². The van der Waals surface area contributed by atoms with Crippen molar-refractivity contribution in [2.24, 2.45) is 5.92 Å². The molecule has 5 nitrogen and oxygen atoms in total. The van der Waals surface area contributed by atoms with E-state index in [1.165, 1.54) is 12.1 Å². The summed E-state index contributed by atoms with van der Waals surface area (Å²) < 4.78 is 1.88. The van der Waals surface area contributed by atoms with Gasteiger partial charge in [-0.05, 0) is 31.2 Å². The Kier molecular flexibility index (Phi) is 3.22. The van der Waals surface area contributed by atoms with Crippen molar-refractivity contribution in [3.8, 4) is 0 Å². The monoisotopic (exact) mass is 263 g/mol. The maximum atomic E-state index is 4.47. The van der Waals surface area contributed by atoms with Gasteiger partial charge in [0.15, 0.2) is 0 Å². The van der Waals surface area contributed by atoms with Crippen LogP contribution in [0.5, 0.6) is 0 Å². The molecule has 1 saturated heterocycles. The van der Waals surface area contributed by atoms with Crippen LogP contribution in [0.15, 0.2) is 17.4 Å². The second-order valence-corrected chi connectivity index (χ2v) is 5.60. The summed E-state index contributed by atoms with van der Waals surface area (Å²) in [5, 5.41) is 8.80. The maximum absolute atomic E-state index is 4.47. The van der Waals surface area contributed by atoms with Gasteiger partial charge in [-0.3, -0.25) is 0 Å². The molecule has 0 spiro atoms. The van der Waals surface area contributed by atoms with Crippen molar-refractivity contribution in [2.45, 2.75) is 24.3 Å². The molecular formula is C12H17N5S. The summed E-state index contributed by atoms with van der Waals surface area (Å²) in [6.07, 6.45) is 4.83. The third-order valence-corrected chi connectivity index (χ3v) is 4.30. The van der Waals surface area contributed by atoms with Gasteiger partial charge in [-0.25, -0.2) is 9.50 Å². The Labute approximate surface area is 110 Å². The van der Waals surface area contributed by atoms with Crippen molar-refractivity contribution < 1.29 is 0 Å². The first kappa shape index (κ1) is 11.9. The molecule has 0 amide bonds. The van der Waals surface area contributed by atoms with E-state index in [-0.39, 0.29) is 0 Å². The van der Waals surface area contributed by atoms with Crippen molar-refractivity contribution in [3.63, 3.8) is 0 Å². The lowest BCUT2D eigenvalue weighted by molar-refractivity contribution is 0.338. The lowest BCUT2D eigenvalue weighted by Crippen LogP contribution is -2.35. The number of rotatable bonds is 2. The average Bonchev–Trinajstić information content (AvgIpc) is 2.86. The lowest BCUT2D eigenvalue weighted by atomic mass is 9.85. The topological polar surface area (TPSA) is 55.1 Å². The molecule has 0 saturated carbocycles. The number of hydrogen-bond acceptors (Lipinski definition) is 5. The SMILES string of the molecule is CSc1cc(C2CNCCC2C)n2ncnc2n1. The van der Waals surface area contributed by atoms with Gasteiger partial charge in [-0.1, -0.05) is 6.92 Å². The zero-order valence-corrected chi connectivity index (χ0v) is 11.4. The predicted molar refractivity (Wildman–Crippen MR) is 72.0 cm³/mol. The van der Waals surface area contributed by atoms with Crippen molar-refractivity contribution in [3.05, 3.63) is 18.1 Å². The Morgan fingerprint density at radius 2 is 2.39 bits per heavy atom. The largest absolute Gasteiger partial charge is 0.316 e. The zero-order chi connectivity index (χ0) is 12.5. The van der Waals surface area contributed by atoms with Crippen molar-refractivity contribution >= 4 is 17.5 Å². The molecule has 1 aliphatic heterocycles. The predicted octanol–water partition coefficient (Wildman–Crippen LogP) is 1.56. The molecule has 2 unspecified atom stereocenters. The van der Waals surface area contributed by atoms with E-state index in [1.807, 2.05) is 10.8 Å². The quantitative estimate of drug-likeness (QED) is 0.658. The second kappa shape index (κ2) is 4.85. The zero-order valence-electron chi connectivity index (χ0n) is 10.6. The minimum Gasteiger partial charge on any atom is -0.316 e. The van der Waals surface area contributed by atoms with Gasteiger partial charge in [0.25, 0.3) is 5.78 Å². The molecular weight excluding hydrogens is 246 g/mol. The first-order valence-electron chi connectivity index (χ1n) is 6.25. The van der Waals surface area contributed by atoms with Crippen LogP contribution in [0, 0.1) is 5.92 Å². The summed E-state index contributed by atoms with van der Waals surface area (Å²) in [6.45, 7) is 4.43. The number of nitrogens with one attached hydrogen (secondary N) is 1. The Bertz CT molecular complexity index is 552. The fraction of sp³-hybridized carbons (Fsp3) is 0.583. The smallest absolute Gasteiger partial charge is 0.253 e. The highest BCUT2D eigenvalue weighted by Crippen LogP contribution is 2.30. The molecule has 3 rings (SSSR count). The maximum Gasteiger partial charge on any atom is 0.253 e. The summed E-state index contributed by atoms with van der Waals surface area (Å²) in [5.41, 5.74) is 1.22. The van der Waals surface area contributed by atoms with E-state index in [1.54, 1.807) is 18.1 Å². The van der Waals surface area contributed by atoms with E-state index in [2.05, 4.69) is 33.4 Å². The minimum absolute atomic E-state index is 0.483. The van der Waals surface area contributed by atoms with Gasteiger partial charge in [0.2, 0.25) is 0 Å². The van der Waals surface area contributed by atoms with Crippen LogP contribution in [-0.2, 0) is 0 Å². The average molecular weight is 263 g/mol. The molecule has 6 heteroatoms. The van der Waals surface area contributed by atoms with Gasteiger partial charge in [-0.15, -0.1) is 11.8 Å². The first-order chi connectivity index (χ1) is 8.79. The van der Waals surface area contributed by atoms with Gasteiger partial charge in [0, 0.05) is 12.5 Å². The third kappa shape index (κ3) is 1.99. The third-order valence-electron chi connectivity index (χ3n) is 3.67. The van der Waals surface area contributed by atoms with Gasteiger partial charge >= 0.3 is 0 Å². The summed E-state index contributed by atoms with van der Waals surface area (Å²) in [4.78, 5) is 8.68. The van der Waals surface area contributed by atoms with Crippen LogP contribution >= 0.6 is 11.8 Å². The summed E-state index contributed by atoms with van der Waals surface area (Å²) in [7, 11) is 0. The fourth-order valence-corrected chi connectivity index (χ4v) is 2.98. The number of nitrogens with zero attached hydrogens (tertiary/aromatic N) is 4. The standard InChI is InChI=1S/C12H17N5S/c1-8-3-4-13-6-9(8)10-5-11(18-2)16-12-14-7-15-17(10)12/h5,7-9,13H,3-4,6H2,1-2H3. The molecule has 0 aliphatic carbocycles. The highest BCUT2D eigenvalue weighted by atomic mass is 32.2. The molecule has 0 radical (unpaired) electrons. The molecule has 0 aromatic carbocycles.